The van der Waals surface area contributed by atoms with Gasteiger partial charge in [-0.05, 0) is 0 Å². The van der Waals surface area contributed by atoms with Gasteiger partial charge in [-0.25, -0.2) is 0 Å². The summed E-state index contributed by atoms with van der Waals surface area (Å²) in [5.74, 6) is 0. The van der Waals surface area contributed by atoms with E-state index in [-0.39, 0.29) is 19.8 Å². The fourth-order valence-corrected chi connectivity index (χ4v) is 2.32. The van der Waals surface area contributed by atoms with E-state index in [2.05, 4.69) is 0 Å². The van der Waals surface area contributed by atoms with E-state index >= 15 is 0 Å². The van der Waals surface area contributed by atoms with Gasteiger partial charge in [-0.1, -0.05) is 0 Å². The highest BCUT2D eigenvalue weighted by Crippen LogP contribution is 2.23. The number of hydrogen-bond acceptors (Lipinski definition) is 10. The SMILES string of the molecule is CO[C@H]1OC(CO)[C@@H](OCCOCCOCCOCCN)C(O)C1O. The summed E-state index contributed by atoms with van der Waals surface area (Å²) in [6, 6.07) is 0. The van der Waals surface area contributed by atoms with Crippen LogP contribution < -0.4 is 5.73 Å². The van der Waals surface area contributed by atoms with Gasteiger partial charge in [0.2, 0.25) is 0 Å². The molecule has 0 aromatic carbocycles. The predicted molar refractivity (Wildman–Crippen MR) is 86.0 cm³/mol. The Morgan fingerprint density at radius 3 is 1.96 bits per heavy atom. The normalized spacial score (nSPS) is 29.9. The molecule has 0 aliphatic carbocycles. The lowest BCUT2D eigenvalue weighted by Crippen LogP contribution is -2.60. The van der Waals surface area contributed by atoms with E-state index in [0.717, 1.165) is 0 Å². The van der Waals surface area contributed by atoms with Gasteiger partial charge in [-0.15, -0.1) is 0 Å². The first kappa shape index (κ1) is 22.6. The maximum atomic E-state index is 10.1. The second-order valence-electron chi connectivity index (χ2n) is 5.40. The Hall–Kier alpha value is -0.400. The van der Waals surface area contributed by atoms with Gasteiger partial charge in [0.25, 0.3) is 0 Å². The zero-order valence-electron chi connectivity index (χ0n) is 14.6. The Morgan fingerprint density at radius 1 is 0.880 bits per heavy atom. The van der Waals surface area contributed by atoms with E-state index in [1.165, 1.54) is 7.11 Å². The molecule has 1 aliphatic rings. The van der Waals surface area contributed by atoms with Gasteiger partial charge in [0.15, 0.2) is 6.29 Å². The van der Waals surface area contributed by atoms with Crippen molar-refractivity contribution in [2.75, 3.05) is 66.5 Å². The van der Waals surface area contributed by atoms with Crippen molar-refractivity contribution < 1.29 is 43.7 Å². The van der Waals surface area contributed by atoms with Crippen molar-refractivity contribution in [1.29, 1.82) is 0 Å². The second kappa shape index (κ2) is 13.8. The van der Waals surface area contributed by atoms with E-state index in [1.807, 2.05) is 0 Å². The zero-order valence-corrected chi connectivity index (χ0v) is 14.6. The number of aliphatic hydroxyl groups is 3. The van der Waals surface area contributed by atoms with Crippen molar-refractivity contribution in [2.24, 2.45) is 5.73 Å². The van der Waals surface area contributed by atoms with Gasteiger partial charge >= 0.3 is 0 Å². The smallest absolute Gasteiger partial charge is 0.186 e. The molecule has 0 saturated carbocycles. The van der Waals surface area contributed by atoms with Gasteiger partial charge in [-0.3, -0.25) is 0 Å². The van der Waals surface area contributed by atoms with Crippen LogP contribution in [0, 0.1) is 0 Å². The van der Waals surface area contributed by atoms with E-state index in [1.54, 1.807) is 0 Å². The third kappa shape index (κ3) is 8.22. The monoisotopic (exact) mass is 369 g/mol. The molecule has 5 atom stereocenters. The zero-order chi connectivity index (χ0) is 18.5. The number of methoxy groups -OCH3 is 1. The first-order valence-corrected chi connectivity index (χ1v) is 8.35. The summed E-state index contributed by atoms with van der Waals surface area (Å²) < 4.78 is 31.5. The molecular formula is C15H31NO9. The third-order valence-electron chi connectivity index (χ3n) is 3.60. The van der Waals surface area contributed by atoms with Gasteiger partial charge in [0.05, 0.1) is 52.9 Å². The highest BCUT2D eigenvalue weighted by molar-refractivity contribution is 4.90. The Kier molecular flexibility index (Phi) is 12.5. The lowest BCUT2D eigenvalue weighted by Gasteiger charge is -2.41. The van der Waals surface area contributed by atoms with Crippen LogP contribution >= 0.6 is 0 Å². The average Bonchev–Trinajstić information content (AvgIpc) is 2.63. The maximum Gasteiger partial charge on any atom is 0.186 e. The Bertz CT molecular complexity index is 321. The maximum absolute atomic E-state index is 10.1. The lowest BCUT2D eigenvalue weighted by molar-refractivity contribution is -0.302. The van der Waals surface area contributed by atoms with E-state index in [4.69, 9.17) is 34.2 Å². The first-order chi connectivity index (χ1) is 12.2. The fourth-order valence-electron chi connectivity index (χ4n) is 2.32. The molecule has 1 rings (SSSR count). The van der Waals surface area contributed by atoms with Crippen molar-refractivity contribution in [2.45, 2.75) is 30.7 Å². The van der Waals surface area contributed by atoms with Crippen molar-refractivity contribution in [3.63, 3.8) is 0 Å². The molecule has 1 aliphatic heterocycles. The lowest BCUT2D eigenvalue weighted by atomic mass is 9.99. The quantitative estimate of drug-likeness (QED) is 0.242. The van der Waals surface area contributed by atoms with E-state index in [9.17, 15) is 15.3 Å². The molecule has 0 radical (unpaired) electrons. The third-order valence-corrected chi connectivity index (χ3v) is 3.60. The second-order valence-corrected chi connectivity index (χ2v) is 5.40. The highest BCUT2D eigenvalue weighted by Gasteiger charge is 2.45. The molecule has 150 valence electrons. The van der Waals surface area contributed by atoms with Gasteiger partial charge in [-0.2, -0.15) is 0 Å². The minimum atomic E-state index is -1.26. The molecule has 1 fully saturated rings. The Labute approximate surface area is 147 Å². The molecule has 0 aromatic rings. The molecule has 10 heteroatoms. The van der Waals surface area contributed by atoms with Gasteiger partial charge in [0, 0.05) is 13.7 Å². The molecular weight excluding hydrogens is 338 g/mol. The number of ether oxygens (including phenoxy) is 6. The summed E-state index contributed by atoms with van der Waals surface area (Å²) in [6.45, 7) is 2.87. The molecule has 5 N–H and O–H groups in total. The Balaban J connectivity index is 2.10. The van der Waals surface area contributed by atoms with E-state index < -0.39 is 30.7 Å². The average molecular weight is 369 g/mol. The van der Waals surface area contributed by atoms with Crippen LogP contribution in [0.25, 0.3) is 0 Å². The predicted octanol–water partition coefficient (Wildman–Crippen LogP) is -2.53. The van der Waals surface area contributed by atoms with Gasteiger partial charge in [0.1, 0.15) is 24.4 Å². The summed E-state index contributed by atoms with van der Waals surface area (Å²) in [4.78, 5) is 0. The summed E-state index contributed by atoms with van der Waals surface area (Å²) in [5.41, 5.74) is 5.28. The van der Waals surface area contributed by atoms with Gasteiger partial charge < -0.3 is 49.5 Å². The molecule has 0 spiro atoms. The van der Waals surface area contributed by atoms with Crippen LogP contribution in [-0.2, 0) is 28.4 Å². The van der Waals surface area contributed by atoms with Crippen LogP contribution in [0.5, 0.6) is 0 Å². The summed E-state index contributed by atoms with van der Waals surface area (Å²) >= 11 is 0. The summed E-state index contributed by atoms with van der Waals surface area (Å²) in [7, 11) is 1.34. The fraction of sp³-hybridized carbons (Fsp3) is 1.00. The van der Waals surface area contributed by atoms with Crippen molar-refractivity contribution in [1.82, 2.24) is 0 Å². The van der Waals surface area contributed by atoms with Crippen LogP contribution in [0.15, 0.2) is 0 Å². The van der Waals surface area contributed by atoms with Crippen LogP contribution in [0.3, 0.4) is 0 Å². The minimum absolute atomic E-state index is 0.172. The summed E-state index contributed by atoms with van der Waals surface area (Å²) in [5, 5.41) is 29.3. The first-order valence-electron chi connectivity index (χ1n) is 8.35. The molecule has 0 aromatic heterocycles. The highest BCUT2D eigenvalue weighted by atomic mass is 16.7. The molecule has 1 saturated heterocycles. The van der Waals surface area contributed by atoms with Crippen LogP contribution in [-0.4, -0.2) is 113 Å². The van der Waals surface area contributed by atoms with Crippen molar-refractivity contribution in [3.05, 3.63) is 0 Å². The largest absolute Gasteiger partial charge is 0.394 e. The number of nitrogens with two attached hydrogens (primary N) is 1. The molecule has 0 bridgehead atoms. The topological polar surface area (TPSA) is 142 Å². The van der Waals surface area contributed by atoms with E-state index in [0.29, 0.717) is 39.6 Å². The molecule has 25 heavy (non-hydrogen) atoms. The standard InChI is InChI=1S/C15H31NO9/c1-20-15-13(19)12(18)14(11(10-17)25-15)24-9-8-23-7-6-22-5-4-21-3-2-16/h11-15,17-19H,2-10,16H2,1H3/t11?,12?,13?,14-,15+/m1/s1. The molecule has 1 heterocycles. The number of hydrogen-bond donors (Lipinski definition) is 4. The van der Waals surface area contributed by atoms with Crippen LogP contribution in [0.2, 0.25) is 0 Å². The molecule has 0 amide bonds. The molecule has 3 unspecified atom stereocenters. The minimum Gasteiger partial charge on any atom is -0.394 e. The Morgan fingerprint density at radius 2 is 1.44 bits per heavy atom. The van der Waals surface area contributed by atoms with Crippen molar-refractivity contribution >= 4 is 0 Å². The number of aliphatic hydroxyl groups excluding tert-OH is 3. The van der Waals surface area contributed by atoms with Crippen LogP contribution in [0.4, 0.5) is 0 Å². The number of rotatable bonds is 14. The summed E-state index contributed by atoms with van der Waals surface area (Å²) in [6.07, 6.45) is -5.15. The molecule has 10 nitrogen and oxygen atoms in total. The van der Waals surface area contributed by atoms with Crippen LogP contribution in [0.1, 0.15) is 0 Å². The van der Waals surface area contributed by atoms with Crippen molar-refractivity contribution in [3.8, 4) is 0 Å².